The molecule has 1 fully saturated rings. The lowest BCUT2D eigenvalue weighted by atomic mass is 9.72. The molecule has 18 heteroatoms. The topological polar surface area (TPSA) is 287 Å². The predicted molar refractivity (Wildman–Crippen MR) is 209 cm³/mol. The molecule has 8 N–H and O–H groups in total. The van der Waals surface area contributed by atoms with Crippen molar-refractivity contribution in [2.24, 2.45) is 11.7 Å². The van der Waals surface area contributed by atoms with Gasteiger partial charge in [0.2, 0.25) is 17.5 Å². The van der Waals surface area contributed by atoms with Crippen molar-refractivity contribution in [3.8, 4) is 17.2 Å². The van der Waals surface area contributed by atoms with Gasteiger partial charge in [0.25, 0.3) is 0 Å². The Morgan fingerprint density at radius 3 is 2.42 bits per heavy atom. The molecule has 326 valence electrons. The summed E-state index contributed by atoms with van der Waals surface area (Å²) in [6, 6.07) is 3.45. The Morgan fingerprint density at radius 1 is 1.02 bits per heavy atom. The van der Waals surface area contributed by atoms with E-state index < -0.39 is 114 Å². The van der Waals surface area contributed by atoms with Crippen molar-refractivity contribution < 1.29 is 72.9 Å². The van der Waals surface area contributed by atoms with Crippen LogP contribution in [0.3, 0.4) is 0 Å². The highest BCUT2D eigenvalue weighted by atomic mass is 16.7. The van der Waals surface area contributed by atoms with Crippen LogP contribution in [0, 0.1) is 5.92 Å². The summed E-state index contributed by atoms with van der Waals surface area (Å²) in [6.07, 6.45) is -3.83. The molecular formula is C42H53N3O15. The highest BCUT2D eigenvalue weighted by Crippen LogP contribution is 2.52. The van der Waals surface area contributed by atoms with Crippen molar-refractivity contribution in [3.63, 3.8) is 0 Å². The third kappa shape index (κ3) is 10.1. The number of benzene rings is 2. The van der Waals surface area contributed by atoms with E-state index >= 15 is 0 Å². The van der Waals surface area contributed by atoms with Crippen molar-refractivity contribution >= 4 is 40.8 Å². The standard InChI is InChI=1S/C42H53N3O15/c1-20(21(2)46)8-5-6-13-44-17-23(47)11-12-30(49)45-18-31(50)58-19-29(48)42(56)15-25-34(28(16-42)60-32-14-26(43)37(51)22(3)59-32)41(55)36-35(39(25)53)38(52)24-9-7-10-27(57-4)33(24)40(36)54/h7,9-10,20,22,26,28,32,37,44,51,53,55-56H,5-6,8,11-19,43H2,1-4H3,(H,45,49)/t20-,22?,26?,28-,32?,37?,42+/m1/s1. The van der Waals surface area contributed by atoms with E-state index in [9.17, 15) is 54.0 Å². The van der Waals surface area contributed by atoms with Gasteiger partial charge in [-0.2, -0.15) is 0 Å². The second kappa shape index (κ2) is 19.5. The summed E-state index contributed by atoms with van der Waals surface area (Å²) in [5, 5.41) is 51.0. The lowest BCUT2D eigenvalue weighted by Crippen LogP contribution is -2.53. The van der Waals surface area contributed by atoms with Gasteiger partial charge in [-0.05, 0) is 39.3 Å². The van der Waals surface area contributed by atoms with Crippen molar-refractivity contribution in [1.82, 2.24) is 10.6 Å². The number of aliphatic hydroxyl groups excluding tert-OH is 1. The molecule has 7 atom stereocenters. The number of amides is 1. The number of phenolic OH excluding ortho intramolecular Hbond substituents is 2. The van der Waals surface area contributed by atoms with Gasteiger partial charge in [0.15, 0.2) is 18.7 Å². The lowest BCUT2D eigenvalue weighted by molar-refractivity contribution is -0.247. The minimum atomic E-state index is -2.45. The maximum absolute atomic E-state index is 13.9. The van der Waals surface area contributed by atoms with E-state index in [-0.39, 0.29) is 71.3 Å². The highest BCUT2D eigenvalue weighted by molar-refractivity contribution is 6.31. The van der Waals surface area contributed by atoms with Crippen molar-refractivity contribution in [2.45, 2.75) is 108 Å². The maximum atomic E-state index is 13.9. The molecule has 5 rings (SSSR count). The molecule has 0 radical (unpaired) electrons. The fourth-order valence-electron chi connectivity index (χ4n) is 7.67. The number of esters is 1. The molecule has 18 nitrogen and oxygen atoms in total. The smallest absolute Gasteiger partial charge is 0.325 e. The Hall–Kier alpha value is -5.11. The van der Waals surface area contributed by atoms with Crippen molar-refractivity contribution in [2.75, 3.05) is 33.4 Å². The van der Waals surface area contributed by atoms with Crippen LogP contribution >= 0.6 is 0 Å². The average molecular weight is 840 g/mol. The number of phenols is 2. The molecule has 0 spiro atoms. The quantitative estimate of drug-likeness (QED) is 0.0504. The summed E-state index contributed by atoms with van der Waals surface area (Å²) in [7, 11) is 1.30. The Bertz CT molecular complexity index is 2020. The van der Waals surface area contributed by atoms with Crippen molar-refractivity contribution in [3.05, 3.63) is 51.6 Å². The van der Waals surface area contributed by atoms with Crippen LogP contribution in [0.15, 0.2) is 18.2 Å². The van der Waals surface area contributed by atoms with E-state index in [1.807, 2.05) is 6.92 Å². The number of aromatic hydroxyl groups is 2. The van der Waals surface area contributed by atoms with Crippen LogP contribution in [0.4, 0.5) is 0 Å². The molecule has 2 aliphatic carbocycles. The zero-order chi connectivity index (χ0) is 44.1. The minimum Gasteiger partial charge on any atom is -0.507 e. The highest BCUT2D eigenvalue weighted by Gasteiger charge is 2.50. The van der Waals surface area contributed by atoms with Gasteiger partial charge in [-0.1, -0.05) is 25.5 Å². The number of methoxy groups -OCH3 is 1. The van der Waals surface area contributed by atoms with E-state index in [1.54, 1.807) is 13.8 Å². The number of nitrogens with two attached hydrogens (primary N) is 1. The van der Waals surface area contributed by atoms with Gasteiger partial charge < -0.3 is 55.7 Å². The van der Waals surface area contributed by atoms with Gasteiger partial charge in [-0.15, -0.1) is 0 Å². The molecule has 60 heavy (non-hydrogen) atoms. The maximum Gasteiger partial charge on any atom is 0.325 e. The number of aliphatic hydroxyl groups is 2. The number of carbonyl (C=O) groups is 7. The molecule has 1 saturated heterocycles. The number of fused-ring (bicyclic) bond motifs is 3. The predicted octanol–water partition coefficient (Wildman–Crippen LogP) is 1.00. The van der Waals surface area contributed by atoms with Crippen LogP contribution in [0.5, 0.6) is 17.2 Å². The van der Waals surface area contributed by atoms with Gasteiger partial charge in [-0.25, -0.2) is 0 Å². The lowest BCUT2D eigenvalue weighted by Gasteiger charge is -2.42. The van der Waals surface area contributed by atoms with Gasteiger partial charge in [0.1, 0.15) is 41.0 Å². The van der Waals surface area contributed by atoms with E-state index in [2.05, 4.69) is 10.6 Å². The van der Waals surface area contributed by atoms with E-state index in [1.165, 1.54) is 25.3 Å². The number of ketones is 5. The van der Waals surface area contributed by atoms with Gasteiger partial charge in [0.05, 0.1) is 48.7 Å². The second-order valence-electron chi connectivity index (χ2n) is 15.7. The summed E-state index contributed by atoms with van der Waals surface area (Å²) in [5.74, 6) is -5.97. The number of unbranched alkanes of at least 4 members (excludes halogenated alkanes) is 1. The second-order valence-corrected chi connectivity index (χ2v) is 15.7. The summed E-state index contributed by atoms with van der Waals surface area (Å²) in [5.41, 5.74) is 1.79. The fraction of sp³-hybridized carbons (Fsp3) is 0.548. The SMILES string of the molecule is COc1cccc2c1C(=O)c1c(O)c3c(c(O)c1C2=O)C[C@@](O)(C(=O)COC(=O)CNC(=O)CCC(=O)CNCCCC[C@@H](C)C(C)=O)C[C@H]3OC1CC(N)C(O)C(C)O1. The third-order valence-electron chi connectivity index (χ3n) is 11.3. The molecule has 1 aliphatic heterocycles. The molecule has 3 aliphatic rings. The molecule has 2 aromatic carbocycles. The number of carbonyl (C=O) groups excluding carboxylic acids is 7. The number of rotatable bonds is 19. The molecule has 0 bridgehead atoms. The first-order valence-corrected chi connectivity index (χ1v) is 19.9. The third-order valence-corrected chi connectivity index (χ3v) is 11.3. The van der Waals surface area contributed by atoms with Crippen molar-refractivity contribution in [1.29, 1.82) is 0 Å². The molecular weight excluding hydrogens is 786 g/mol. The molecule has 4 unspecified atom stereocenters. The Labute approximate surface area is 346 Å². The first kappa shape index (κ1) is 46.0. The fourth-order valence-corrected chi connectivity index (χ4v) is 7.67. The number of hydrogen-bond acceptors (Lipinski definition) is 17. The Kier molecular flexibility index (Phi) is 15.0. The summed E-state index contributed by atoms with van der Waals surface area (Å²) < 4.78 is 22.3. The molecule has 0 saturated carbocycles. The monoisotopic (exact) mass is 839 g/mol. The number of Topliss-reactive ketones (excluding diaryl/α,β-unsaturated/α-hetero) is 3. The van der Waals surface area contributed by atoms with E-state index in [0.717, 1.165) is 19.3 Å². The Balaban J connectivity index is 1.25. The van der Waals surface area contributed by atoms with Crippen LogP contribution < -0.4 is 21.1 Å². The average Bonchev–Trinajstić information content (AvgIpc) is 3.21. The number of hydrogen-bond donors (Lipinski definition) is 7. The molecule has 1 amide bonds. The van der Waals surface area contributed by atoms with Gasteiger partial charge in [-0.3, -0.25) is 33.6 Å². The molecule has 0 aromatic heterocycles. The van der Waals surface area contributed by atoms with Gasteiger partial charge in [0, 0.05) is 60.8 Å². The molecule has 2 aromatic rings. The Morgan fingerprint density at radius 2 is 1.73 bits per heavy atom. The van der Waals surface area contributed by atoms with E-state index in [4.69, 9.17) is 24.7 Å². The zero-order valence-electron chi connectivity index (χ0n) is 34.0. The first-order valence-electron chi connectivity index (χ1n) is 19.9. The van der Waals surface area contributed by atoms with Crippen LogP contribution in [0.1, 0.15) is 115 Å². The summed E-state index contributed by atoms with van der Waals surface area (Å²) in [4.78, 5) is 89.9. The first-order chi connectivity index (χ1) is 28.4. The largest absolute Gasteiger partial charge is 0.507 e. The van der Waals surface area contributed by atoms with Crippen LogP contribution in [-0.4, -0.2) is 125 Å². The normalized spacial score (nSPS) is 23.8. The van der Waals surface area contributed by atoms with Crippen LogP contribution in [-0.2, 0) is 44.6 Å². The van der Waals surface area contributed by atoms with Crippen LogP contribution in [0.2, 0.25) is 0 Å². The number of ether oxygens (including phenoxy) is 4. The number of nitrogens with one attached hydrogen (secondary N) is 2. The van der Waals surface area contributed by atoms with Gasteiger partial charge >= 0.3 is 5.97 Å². The summed E-state index contributed by atoms with van der Waals surface area (Å²) in [6.45, 7) is 3.95. The van der Waals surface area contributed by atoms with E-state index in [0.29, 0.717) is 6.54 Å². The summed E-state index contributed by atoms with van der Waals surface area (Å²) >= 11 is 0. The molecule has 1 heterocycles. The minimum absolute atomic E-state index is 0.00582. The van der Waals surface area contributed by atoms with Crippen LogP contribution in [0.25, 0.3) is 0 Å². The zero-order valence-corrected chi connectivity index (χ0v) is 34.0.